The van der Waals surface area contributed by atoms with Crippen molar-refractivity contribution in [3.05, 3.63) is 23.2 Å². The third-order valence-corrected chi connectivity index (χ3v) is 5.23. The number of aliphatic imine (C=N–C) groups is 1. The molecule has 1 atom stereocenters. The van der Waals surface area contributed by atoms with E-state index in [1.165, 1.54) is 11.8 Å². The second-order valence-electron chi connectivity index (χ2n) is 4.66. The first-order valence-electron chi connectivity index (χ1n) is 6.06. The molecule has 0 amide bonds. The van der Waals surface area contributed by atoms with Crippen LogP contribution in [0.4, 0.5) is 5.69 Å². The van der Waals surface area contributed by atoms with Crippen molar-refractivity contribution < 1.29 is 9.90 Å². The fourth-order valence-electron chi connectivity index (χ4n) is 1.90. The number of carbonyl (C=O) groups is 1. The molecule has 1 aliphatic rings. The van der Waals surface area contributed by atoms with E-state index in [0.29, 0.717) is 5.75 Å². The van der Waals surface area contributed by atoms with Crippen molar-refractivity contribution in [3.8, 4) is 0 Å². The topological polar surface area (TPSA) is 65.8 Å². The fraction of sp³-hybridized carbons (Fsp3) is 0.308. The molecule has 104 valence electrons. The number of thiazole rings is 1. The highest BCUT2D eigenvalue weighted by Gasteiger charge is 2.26. The molecule has 0 bridgehead atoms. The van der Waals surface area contributed by atoms with Crippen LogP contribution in [0.25, 0.3) is 10.2 Å². The van der Waals surface area contributed by atoms with Crippen LogP contribution in [0.5, 0.6) is 0 Å². The first-order valence-corrected chi connectivity index (χ1v) is 7.86. The number of anilines is 1. The Kier molecular flexibility index (Phi) is 3.39. The number of carboxylic acids is 1. The molecule has 7 heteroatoms. The number of hydrogen-bond acceptors (Lipinski definition) is 6. The molecule has 0 unspecified atom stereocenters. The summed E-state index contributed by atoms with van der Waals surface area (Å²) in [5.41, 5.74) is 2.03. The highest BCUT2D eigenvalue weighted by atomic mass is 32.2. The Hall–Kier alpha value is -1.60. The van der Waals surface area contributed by atoms with Gasteiger partial charge in [0.15, 0.2) is 6.04 Å². The smallest absolute Gasteiger partial charge is 0.329 e. The minimum absolute atomic E-state index is 0.490. The minimum atomic E-state index is -0.872. The molecule has 5 nitrogen and oxygen atoms in total. The quantitative estimate of drug-likeness (QED) is 0.942. The molecule has 0 saturated carbocycles. The van der Waals surface area contributed by atoms with Gasteiger partial charge in [0.1, 0.15) is 10.1 Å². The summed E-state index contributed by atoms with van der Waals surface area (Å²) in [5.74, 6) is -0.382. The van der Waals surface area contributed by atoms with E-state index >= 15 is 0 Å². The molecule has 0 radical (unpaired) electrons. The first-order chi connectivity index (χ1) is 9.54. The predicted molar refractivity (Wildman–Crippen MR) is 84.4 cm³/mol. The van der Waals surface area contributed by atoms with Crippen molar-refractivity contribution in [2.45, 2.75) is 6.04 Å². The van der Waals surface area contributed by atoms with Gasteiger partial charge in [-0.05, 0) is 18.2 Å². The molecule has 1 aliphatic heterocycles. The summed E-state index contributed by atoms with van der Waals surface area (Å²) in [6, 6.07) is 5.48. The van der Waals surface area contributed by atoms with Crippen molar-refractivity contribution in [2.75, 3.05) is 24.7 Å². The van der Waals surface area contributed by atoms with Crippen LogP contribution in [-0.2, 0) is 4.79 Å². The molecular weight excluding hydrogens is 294 g/mol. The average molecular weight is 307 g/mol. The molecule has 0 saturated heterocycles. The molecule has 1 N–H and O–H groups in total. The summed E-state index contributed by atoms with van der Waals surface area (Å²) in [6.07, 6.45) is 0. The van der Waals surface area contributed by atoms with Crippen molar-refractivity contribution in [3.63, 3.8) is 0 Å². The molecule has 2 aromatic rings. The number of aliphatic carboxylic acids is 1. The Bertz CT molecular complexity index is 709. The first kappa shape index (κ1) is 13.4. The van der Waals surface area contributed by atoms with Gasteiger partial charge >= 0.3 is 5.97 Å². The Morgan fingerprint density at radius 1 is 1.45 bits per heavy atom. The van der Waals surface area contributed by atoms with E-state index in [0.717, 1.165) is 26.0 Å². The third-order valence-electron chi connectivity index (χ3n) is 3.01. The summed E-state index contributed by atoms with van der Waals surface area (Å²) in [6.45, 7) is 0. The van der Waals surface area contributed by atoms with Crippen molar-refractivity contribution >= 4 is 50.0 Å². The van der Waals surface area contributed by atoms with Gasteiger partial charge in [0.05, 0.1) is 10.2 Å². The van der Waals surface area contributed by atoms with Crippen LogP contribution in [-0.4, -0.2) is 47.0 Å². The number of thioether (sulfide) groups is 1. The Morgan fingerprint density at radius 2 is 2.25 bits per heavy atom. The minimum Gasteiger partial charge on any atom is -0.480 e. The summed E-state index contributed by atoms with van der Waals surface area (Å²) in [7, 11) is 3.98. The van der Waals surface area contributed by atoms with Crippen LogP contribution >= 0.6 is 23.1 Å². The van der Waals surface area contributed by atoms with E-state index in [1.807, 2.05) is 37.2 Å². The van der Waals surface area contributed by atoms with E-state index in [9.17, 15) is 4.79 Å². The molecule has 2 heterocycles. The van der Waals surface area contributed by atoms with Gasteiger partial charge in [0.25, 0.3) is 0 Å². The molecule has 3 rings (SSSR count). The van der Waals surface area contributed by atoms with E-state index in [2.05, 4.69) is 9.98 Å². The number of aromatic nitrogens is 1. The van der Waals surface area contributed by atoms with Crippen LogP contribution in [0.15, 0.2) is 23.2 Å². The van der Waals surface area contributed by atoms with E-state index in [-0.39, 0.29) is 0 Å². The van der Waals surface area contributed by atoms with Gasteiger partial charge in [-0.1, -0.05) is 0 Å². The van der Waals surface area contributed by atoms with Crippen LogP contribution in [0.3, 0.4) is 0 Å². The largest absolute Gasteiger partial charge is 0.480 e. The Balaban J connectivity index is 1.97. The molecule has 0 fully saturated rings. The zero-order chi connectivity index (χ0) is 14.3. The zero-order valence-corrected chi connectivity index (χ0v) is 12.7. The van der Waals surface area contributed by atoms with Gasteiger partial charge in [-0.25, -0.2) is 9.78 Å². The normalized spacial score (nSPS) is 18.3. The number of nitrogens with zero attached hydrogens (tertiary/aromatic N) is 3. The average Bonchev–Trinajstić information content (AvgIpc) is 3.04. The lowest BCUT2D eigenvalue weighted by atomic mass is 10.3. The van der Waals surface area contributed by atoms with Crippen molar-refractivity contribution in [2.24, 2.45) is 4.99 Å². The maximum Gasteiger partial charge on any atom is 0.329 e. The number of fused-ring (bicyclic) bond motifs is 1. The SMILES string of the molecule is CN(C)c1ccc2sc(C3=N[C@@H](C(=O)O)CS3)nc2c1. The van der Waals surface area contributed by atoms with Gasteiger partial charge in [0, 0.05) is 25.5 Å². The molecule has 0 spiro atoms. The summed E-state index contributed by atoms with van der Waals surface area (Å²) in [4.78, 5) is 21.8. The summed E-state index contributed by atoms with van der Waals surface area (Å²) in [5, 5.41) is 10.5. The molecule has 1 aromatic heterocycles. The predicted octanol–water partition coefficient (Wildman–Crippen LogP) is 2.31. The maximum absolute atomic E-state index is 10.9. The number of hydrogen-bond donors (Lipinski definition) is 1. The summed E-state index contributed by atoms with van der Waals surface area (Å²) < 4.78 is 1.09. The van der Waals surface area contributed by atoms with Gasteiger partial charge in [-0.15, -0.1) is 23.1 Å². The standard InChI is InChI=1S/C13H13N3O2S2/c1-16(2)7-3-4-10-8(5-7)14-12(20-10)11-15-9(6-19-11)13(17)18/h3-5,9H,6H2,1-2H3,(H,17,18)/t9-/m1/s1. The van der Waals surface area contributed by atoms with Crippen LogP contribution in [0, 0.1) is 0 Å². The fourth-order valence-corrected chi connectivity index (χ4v) is 3.95. The van der Waals surface area contributed by atoms with Gasteiger partial charge in [-0.2, -0.15) is 0 Å². The van der Waals surface area contributed by atoms with E-state index in [1.54, 1.807) is 11.3 Å². The van der Waals surface area contributed by atoms with Gasteiger partial charge in [0.2, 0.25) is 0 Å². The highest BCUT2D eigenvalue weighted by molar-refractivity contribution is 8.15. The monoisotopic (exact) mass is 307 g/mol. The number of benzene rings is 1. The second-order valence-corrected chi connectivity index (χ2v) is 6.70. The van der Waals surface area contributed by atoms with E-state index < -0.39 is 12.0 Å². The van der Waals surface area contributed by atoms with Crippen LogP contribution in [0.1, 0.15) is 5.01 Å². The lowest BCUT2D eigenvalue weighted by molar-refractivity contribution is -0.137. The number of rotatable bonds is 3. The van der Waals surface area contributed by atoms with Crippen LogP contribution < -0.4 is 4.90 Å². The maximum atomic E-state index is 10.9. The van der Waals surface area contributed by atoms with Crippen molar-refractivity contribution in [1.29, 1.82) is 0 Å². The lowest BCUT2D eigenvalue weighted by Gasteiger charge is -2.11. The molecule has 20 heavy (non-hydrogen) atoms. The molecular formula is C13H13N3O2S2. The van der Waals surface area contributed by atoms with Crippen LogP contribution in [0.2, 0.25) is 0 Å². The lowest BCUT2D eigenvalue weighted by Crippen LogP contribution is -2.17. The third kappa shape index (κ3) is 2.38. The Labute approximate surface area is 124 Å². The number of carboxylic acid groups (broad SMARTS) is 1. The summed E-state index contributed by atoms with van der Waals surface area (Å²) >= 11 is 3.02. The van der Waals surface area contributed by atoms with E-state index in [4.69, 9.17) is 5.11 Å². The van der Waals surface area contributed by atoms with Gasteiger partial charge < -0.3 is 10.0 Å². The Morgan fingerprint density at radius 3 is 2.90 bits per heavy atom. The van der Waals surface area contributed by atoms with Crippen molar-refractivity contribution in [1.82, 2.24) is 4.98 Å². The van der Waals surface area contributed by atoms with Gasteiger partial charge in [-0.3, -0.25) is 4.99 Å². The zero-order valence-electron chi connectivity index (χ0n) is 11.0. The molecule has 0 aliphatic carbocycles. The second kappa shape index (κ2) is 5.06. The highest BCUT2D eigenvalue weighted by Crippen LogP contribution is 2.31. The molecule has 1 aromatic carbocycles.